The summed E-state index contributed by atoms with van der Waals surface area (Å²) >= 11 is 1.75. The van der Waals surface area contributed by atoms with Gasteiger partial charge in [0.05, 0.1) is 0 Å². The summed E-state index contributed by atoms with van der Waals surface area (Å²) in [4.78, 5) is 1.27. The molecule has 1 N–H and O–H groups in total. The van der Waals surface area contributed by atoms with Gasteiger partial charge in [-0.15, -0.1) is 11.8 Å². The first kappa shape index (κ1) is 13.8. The monoisotopic (exact) mass is 273 g/mol. The second-order valence-corrected chi connectivity index (χ2v) is 5.20. The molecule has 0 amide bonds. The Morgan fingerprint density at radius 1 is 1.11 bits per heavy atom. The highest BCUT2D eigenvalue weighted by atomic mass is 32.2. The van der Waals surface area contributed by atoms with Crippen molar-refractivity contribution in [3.8, 4) is 5.75 Å². The van der Waals surface area contributed by atoms with Crippen LogP contribution in [0.15, 0.2) is 53.4 Å². The quantitative estimate of drug-likeness (QED) is 0.629. The van der Waals surface area contributed by atoms with Crippen LogP contribution in [0.5, 0.6) is 5.75 Å². The number of aryl methyl sites for hydroxylation is 1. The molecule has 0 saturated carbocycles. The van der Waals surface area contributed by atoms with Crippen molar-refractivity contribution in [3.05, 3.63) is 54.1 Å². The van der Waals surface area contributed by atoms with Gasteiger partial charge in [-0.25, -0.2) is 0 Å². The summed E-state index contributed by atoms with van der Waals surface area (Å²) in [5.74, 6) is 0.922. The van der Waals surface area contributed by atoms with Crippen LogP contribution in [0.25, 0.3) is 0 Å². The lowest BCUT2D eigenvalue weighted by Crippen LogP contribution is -2.11. The Morgan fingerprint density at radius 3 is 2.63 bits per heavy atom. The van der Waals surface area contributed by atoms with E-state index in [1.807, 2.05) is 12.1 Å². The van der Waals surface area contributed by atoms with Gasteiger partial charge >= 0.3 is 0 Å². The van der Waals surface area contributed by atoms with Crippen molar-refractivity contribution in [2.75, 3.05) is 24.7 Å². The molecule has 0 radical (unpaired) electrons. The molecule has 0 aliphatic carbocycles. The minimum absolute atomic E-state index is 0.659. The summed E-state index contributed by atoms with van der Waals surface area (Å²) in [6.07, 6.45) is 2.08. The normalized spacial score (nSPS) is 10.2. The zero-order valence-corrected chi connectivity index (χ0v) is 12.2. The summed E-state index contributed by atoms with van der Waals surface area (Å²) in [5.41, 5.74) is 2.39. The molecule has 0 saturated heterocycles. The van der Waals surface area contributed by atoms with E-state index in [0.29, 0.717) is 6.61 Å². The Labute approximate surface area is 119 Å². The average Bonchev–Trinajstić information content (AvgIpc) is 2.46. The van der Waals surface area contributed by atoms with E-state index in [2.05, 4.69) is 54.9 Å². The molecular formula is C16H19NOS. The molecule has 0 heterocycles. The van der Waals surface area contributed by atoms with Crippen LogP contribution in [-0.2, 0) is 0 Å². The molecule has 0 aliphatic rings. The molecule has 100 valence electrons. The van der Waals surface area contributed by atoms with Crippen molar-refractivity contribution < 1.29 is 4.74 Å². The lowest BCUT2D eigenvalue weighted by atomic mass is 10.2. The van der Waals surface area contributed by atoms with Gasteiger partial charge in [-0.2, -0.15) is 0 Å². The van der Waals surface area contributed by atoms with Crippen molar-refractivity contribution in [1.29, 1.82) is 0 Å². The molecule has 0 bridgehead atoms. The summed E-state index contributed by atoms with van der Waals surface area (Å²) in [5, 5.41) is 3.36. The molecule has 2 nitrogen and oxygen atoms in total. The Bertz CT molecular complexity index is 510. The number of anilines is 1. The minimum atomic E-state index is 0.659. The van der Waals surface area contributed by atoms with Crippen LogP contribution in [0.4, 0.5) is 5.69 Å². The maximum atomic E-state index is 5.67. The van der Waals surface area contributed by atoms with E-state index in [4.69, 9.17) is 4.74 Å². The van der Waals surface area contributed by atoms with Gasteiger partial charge in [0.25, 0.3) is 0 Å². The highest BCUT2D eigenvalue weighted by Gasteiger charge is 1.95. The number of hydrogen-bond donors (Lipinski definition) is 1. The Hall–Kier alpha value is -1.61. The third-order valence-corrected chi connectivity index (χ3v) is 3.52. The zero-order chi connectivity index (χ0) is 13.5. The number of hydrogen-bond acceptors (Lipinski definition) is 3. The van der Waals surface area contributed by atoms with Crippen LogP contribution in [0.1, 0.15) is 5.56 Å². The Kier molecular flexibility index (Phi) is 5.16. The van der Waals surface area contributed by atoms with Crippen molar-refractivity contribution in [1.82, 2.24) is 0 Å². The standard InChI is InChI=1S/C16H19NOS/c1-13-6-8-15(9-7-13)18-11-10-17-14-4-3-5-16(12-14)19-2/h3-9,12,17H,10-11H2,1-2H3. The Morgan fingerprint density at radius 2 is 1.89 bits per heavy atom. The molecule has 2 aromatic rings. The highest BCUT2D eigenvalue weighted by Crippen LogP contribution is 2.18. The smallest absolute Gasteiger partial charge is 0.119 e. The number of ether oxygens (including phenoxy) is 1. The van der Waals surface area contributed by atoms with Crippen molar-refractivity contribution in [2.24, 2.45) is 0 Å². The molecule has 0 atom stereocenters. The second kappa shape index (κ2) is 7.10. The number of rotatable bonds is 6. The van der Waals surface area contributed by atoms with Gasteiger partial charge in [-0.3, -0.25) is 0 Å². The third kappa shape index (κ3) is 4.52. The topological polar surface area (TPSA) is 21.3 Å². The number of nitrogens with one attached hydrogen (secondary N) is 1. The van der Waals surface area contributed by atoms with Crippen LogP contribution in [0.2, 0.25) is 0 Å². The van der Waals surface area contributed by atoms with E-state index in [0.717, 1.165) is 18.0 Å². The fourth-order valence-corrected chi connectivity index (χ4v) is 2.19. The molecule has 0 spiro atoms. The van der Waals surface area contributed by atoms with E-state index >= 15 is 0 Å². The third-order valence-electron chi connectivity index (χ3n) is 2.79. The fourth-order valence-electron chi connectivity index (χ4n) is 1.73. The van der Waals surface area contributed by atoms with Crippen LogP contribution in [0.3, 0.4) is 0 Å². The number of benzene rings is 2. The molecule has 0 fully saturated rings. The van der Waals surface area contributed by atoms with Crippen molar-refractivity contribution >= 4 is 17.4 Å². The maximum absolute atomic E-state index is 5.67. The summed E-state index contributed by atoms with van der Waals surface area (Å²) in [6.45, 7) is 3.53. The first-order valence-electron chi connectivity index (χ1n) is 6.35. The molecule has 2 aromatic carbocycles. The molecule has 19 heavy (non-hydrogen) atoms. The van der Waals surface area contributed by atoms with Gasteiger partial charge < -0.3 is 10.1 Å². The molecular weight excluding hydrogens is 254 g/mol. The van der Waals surface area contributed by atoms with Crippen LogP contribution >= 0.6 is 11.8 Å². The summed E-state index contributed by atoms with van der Waals surface area (Å²) in [7, 11) is 0. The highest BCUT2D eigenvalue weighted by molar-refractivity contribution is 7.98. The van der Waals surface area contributed by atoms with Crippen LogP contribution < -0.4 is 10.1 Å². The van der Waals surface area contributed by atoms with Gasteiger partial charge in [0.2, 0.25) is 0 Å². The van der Waals surface area contributed by atoms with E-state index in [-0.39, 0.29) is 0 Å². The number of thioether (sulfide) groups is 1. The summed E-state index contributed by atoms with van der Waals surface area (Å²) < 4.78 is 5.67. The first-order chi connectivity index (χ1) is 9.28. The molecule has 3 heteroatoms. The van der Waals surface area contributed by atoms with E-state index in [1.54, 1.807) is 11.8 Å². The fraction of sp³-hybridized carbons (Fsp3) is 0.250. The van der Waals surface area contributed by atoms with Crippen LogP contribution in [-0.4, -0.2) is 19.4 Å². The van der Waals surface area contributed by atoms with Crippen LogP contribution in [0, 0.1) is 6.92 Å². The second-order valence-electron chi connectivity index (χ2n) is 4.32. The van der Waals surface area contributed by atoms with E-state index in [9.17, 15) is 0 Å². The van der Waals surface area contributed by atoms with Gasteiger partial charge in [0.15, 0.2) is 0 Å². The minimum Gasteiger partial charge on any atom is -0.492 e. The molecule has 0 aliphatic heterocycles. The Balaban J connectivity index is 1.75. The summed E-state index contributed by atoms with van der Waals surface area (Å²) in [6, 6.07) is 16.5. The zero-order valence-electron chi connectivity index (χ0n) is 11.3. The lowest BCUT2D eigenvalue weighted by molar-refractivity contribution is 0.333. The first-order valence-corrected chi connectivity index (χ1v) is 7.58. The van der Waals surface area contributed by atoms with Crippen molar-refractivity contribution in [2.45, 2.75) is 11.8 Å². The van der Waals surface area contributed by atoms with Crippen molar-refractivity contribution in [3.63, 3.8) is 0 Å². The predicted octanol–water partition coefficient (Wildman–Crippen LogP) is 4.21. The molecule has 0 unspecified atom stereocenters. The molecule has 0 aromatic heterocycles. The van der Waals surface area contributed by atoms with Gasteiger partial charge in [-0.1, -0.05) is 23.8 Å². The largest absolute Gasteiger partial charge is 0.492 e. The van der Waals surface area contributed by atoms with Gasteiger partial charge in [0.1, 0.15) is 12.4 Å². The molecule has 2 rings (SSSR count). The maximum Gasteiger partial charge on any atom is 0.119 e. The van der Waals surface area contributed by atoms with E-state index in [1.165, 1.54) is 10.5 Å². The average molecular weight is 273 g/mol. The lowest BCUT2D eigenvalue weighted by Gasteiger charge is -2.09. The SMILES string of the molecule is CSc1cccc(NCCOc2ccc(C)cc2)c1. The predicted molar refractivity (Wildman–Crippen MR) is 83.4 cm³/mol. The van der Waals surface area contributed by atoms with E-state index < -0.39 is 0 Å². The van der Waals surface area contributed by atoms with Gasteiger partial charge in [0, 0.05) is 17.1 Å². The van der Waals surface area contributed by atoms with Gasteiger partial charge in [-0.05, 0) is 43.5 Å².